The van der Waals surface area contributed by atoms with Gasteiger partial charge in [0.1, 0.15) is 0 Å². The van der Waals surface area contributed by atoms with Gasteiger partial charge in [0.05, 0.1) is 7.11 Å². The average molecular weight is 334 g/mol. The van der Waals surface area contributed by atoms with E-state index in [9.17, 15) is 4.79 Å². The predicted molar refractivity (Wildman–Crippen MR) is 100 cm³/mol. The van der Waals surface area contributed by atoms with Crippen molar-refractivity contribution in [2.75, 3.05) is 7.11 Å². The van der Waals surface area contributed by atoms with Gasteiger partial charge in [0, 0.05) is 35.8 Å². The summed E-state index contributed by atoms with van der Waals surface area (Å²) in [6, 6.07) is 18.5. The summed E-state index contributed by atoms with van der Waals surface area (Å²) in [5.41, 5.74) is 9.77. The molecule has 1 aromatic heterocycles. The van der Waals surface area contributed by atoms with E-state index in [0.29, 0.717) is 6.42 Å². The molecule has 0 aliphatic heterocycles. The van der Waals surface area contributed by atoms with Gasteiger partial charge in [0.25, 0.3) is 0 Å². The van der Waals surface area contributed by atoms with Gasteiger partial charge in [0.2, 0.25) is 0 Å². The molecule has 0 saturated heterocycles. The standard InChI is InChI=1S/C21H22N2O2/c1-25-21(24)12-11-18(22)13-17-15-23(14-16-7-3-2-4-8-16)20-10-6-5-9-19(17)20/h2-12,15,18H,13-14,22H2,1H3/b12-11+. The molecule has 3 aromatic rings. The summed E-state index contributed by atoms with van der Waals surface area (Å²) in [6.07, 6.45) is 5.89. The van der Waals surface area contributed by atoms with Gasteiger partial charge < -0.3 is 15.0 Å². The van der Waals surface area contributed by atoms with Crippen molar-refractivity contribution < 1.29 is 9.53 Å². The zero-order valence-corrected chi connectivity index (χ0v) is 14.3. The quantitative estimate of drug-likeness (QED) is 0.556. The lowest BCUT2D eigenvalue weighted by Gasteiger charge is -2.05. The van der Waals surface area contributed by atoms with E-state index in [2.05, 4.69) is 51.9 Å². The number of carbonyl (C=O) groups excluding carboxylic acids is 1. The molecule has 25 heavy (non-hydrogen) atoms. The van der Waals surface area contributed by atoms with Crippen molar-refractivity contribution in [3.63, 3.8) is 0 Å². The molecular formula is C21H22N2O2. The molecule has 2 aromatic carbocycles. The van der Waals surface area contributed by atoms with E-state index in [-0.39, 0.29) is 12.0 Å². The summed E-state index contributed by atoms with van der Waals surface area (Å²) in [7, 11) is 1.36. The first kappa shape index (κ1) is 17.0. The Morgan fingerprint density at radius 3 is 2.64 bits per heavy atom. The summed E-state index contributed by atoms with van der Waals surface area (Å²) in [6.45, 7) is 0.814. The number of nitrogens with two attached hydrogens (primary N) is 1. The first-order valence-corrected chi connectivity index (χ1v) is 8.30. The molecule has 2 N–H and O–H groups in total. The van der Waals surface area contributed by atoms with Gasteiger partial charge in [0.15, 0.2) is 0 Å². The van der Waals surface area contributed by atoms with E-state index in [1.807, 2.05) is 18.2 Å². The van der Waals surface area contributed by atoms with Gasteiger partial charge >= 0.3 is 5.97 Å². The number of carbonyl (C=O) groups is 1. The molecule has 4 heteroatoms. The zero-order chi connectivity index (χ0) is 17.6. The van der Waals surface area contributed by atoms with Crippen molar-refractivity contribution in [3.8, 4) is 0 Å². The fraction of sp³-hybridized carbons (Fsp3) is 0.190. The summed E-state index contributed by atoms with van der Waals surface area (Å²) in [5.74, 6) is -0.387. The number of fused-ring (bicyclic) bond motifs is 1. The molecule has 3 rings (SSSR count). The highest BCUT2D eigenvalue weighted by atomic mass is 16.5. The molecular weight excluding hydrogens is 312 g/mol. The number of hydrogen-bond acceptors (Lipinski definition) is 3. The third-order valence-electron chi connectivity index (χ3n) is 4.20. The Hall–Kier alpha value is -2.85. The second kappa shape index (κ2) is 7.81. The highest BCUT2D eigenvalue weighted by Gasteiger charge is 2.11. The molecule has 0 aliphatic rings. The van der Waals surface area contributed by atoms with E-state index >= 15 is 0 Å². The SMILES string of the molecule is COC(=O)/C=C/C(N)Cc1cn(Cc2ccccc2)c2ccccc12. The molecule has 1 unspecified atom stereocenters. The van der Waals surface area contributed by atoms with Crippen molar-refractivity contribution in [2.45, 2.75) is 19.0 Å². The molecule has 128 valence electrons. The number of esters is 1. The van der Waals surface area contributed by atoms with E-state index in [0.717, 1.165) is 6.54 Å². The molecule has 0 saturated carbocycles. The van der Waals surface area contributed by atoms with E-state index in [1.54, 1.807) is 6.08 Å². The Kier molecular flexibility index (Phi) is 5.31. The minimum Gasteiger partial charge on any atom is -0.466 e. The fourth-order valence-electron chi connectivity index (χ4n) is 2.99. The fourth-order valence-corrected chi connectivity index (χ4v) is 2.99. The smallest absolute Gasteiger partial charge is 0.330 e. The van der Waals surface area contributed by atoms with Crippen molar-refractivity contribution in [1.29, 1.82) is 0 Å². The lowest BCUT2D eigenvalue weighted by atomic mass is 10.1. The predicted octanol–water partition coefficient (Wildman–Crippen LogP) is 3.29. The molecule has 0 fully saturated rings. The normalized spacial score (nSPS) is 12.6. The van der Waals surface area contributed by atoms with Gasteiger partial charge in [-0.1, -0.05) is 54.6 Å². The van der Waals surface area contributed by atoms with Crippen LogP contribution in [0.2, 0.25) is 0 Å². The number of ether oxygens (including phenoxy) is 1. The van der Waals surface area contributed by atoms with Crippen LogP contribution in [0.4, 0.5) is 0 Å². The van der Waals surface area contributed by atoms with Crippen LogP contribution in [-0.2, 0) is 22.5 Å². The molecule has 4 nitrogen and oxygen atoms in total. The molecule has 1 atom stereocenters. The largest absolute Gasteiger partial charge is 0.466 e. The molecule has 0 aliphatic carbocycles. The van der Waals surface area contributed by atoms with Crippen LogP contribution >= 0.6 is 0 Å². The Balaban J connectivity index is 1.86. The molecule has 0 amide bonds. The first-order chi connectivity index (χ1) is 12.2. The maximum absolute atomic E-state index is 11.2. The van der Waals surface area contributed by atoms with Gasteiger partial charge in [-0.05, 0) is 23.6 Å². The lowest BCUT2D eigenvalue weighted by molar-refractivity contribution is -0.134. The second-order valence-electron chi connectivity index (χ2n) is 6.04. The van der Waals surface area contributed by atoms with Crippen molar-refractivity contribution in [3.05, 3.63) is 84.1 Å². The van der Waals surface area contributed by atoms with Gasteiger partial charge in [-0.3, -0.25) is 0 Å². The van der Waals surface area contributed by atoms with Crippen LogP contribution in [0.25, 0.3) is 10.9 Å². The van der Waals surface area contributed by atoms with Gasteiger partial charge in [-0.15, -0.1) is 0 Å². The summed E-state index contributed by atoms with van der Waals surface area (Å²) < 4.78 is 6.85. The Bertz CT molecular complexity index is 881. The number of nitrogens with zero attached hydrogens (tertiary/aromatic N) is 1. The Morgan fingerprint density at radius 2 is 1.88 bits per heavy atom. The number of aromatic nitrogens is 1. The minimum atomic E-state index is -0.387. The molecule has 0 spiro atoms. The zero-order valence-electron chi connectivity index (χ0n) is 14.3. The van der Waals surface area contributed by atoms with Crippen molar-refractivity contribution in [1.82, 2.24) is 4.57 Å². The van der Waals surface area contributed by atoms with Crippen LogP contribution < -0.4 is 5.73 Å². The van der Waals surface area contributed by atoms with Gasteiger partial charge in [-0.2, -0.15) is 0 Å². The lowest BCUT2D eigenvalue weighted by Crippen LogP contribution is -2.20. The third-order valence-corrected chi connectivity index (χ3v) is 4.20. The topological polar surface area (TPSA) is 57.2 Å². The van der Waals surface area contributed by atoms with Crippen LogP contribution in [0.15, 0.2) is 72.9 Å². The third kappa shape index (κ3) is 4.17. The minimum absolute atomic E-state index is 0.241. The van der Waals surface area contributed by atoms with Crippen molar-refractivity contribution >= 4 is 16.9 Å². The Labute approximate surface area is 147 Å². The summed E-state index contributed by atoms with van der Waals surface area (Å²) in [4.78, 5) is 11.2. The molecule has 0 bridgehead atoms. The number of methoxy groups -OCH3 is 1. The van der Waals surface area contributed by atoms with Crippen molar-refractivity contribution in [2.24, 2.45) is 5.73 Å². The van der Waals surface area contributed by atoms with Crippen LogP contribution in [0.3, 0.4) is 0 Å². The number of benzene rings is 2. The second-order valence-corrected chi connectivity index (χ2v) is 6.04. The highest BCUT2D eigenvalue weighted by Crippen LogP contribution is 2.23. The highest BCUT2D eigenvalue weighted by molar-refractivity contribution is 5.84. The monoisotopic (exact) mass is 334 g/mol. The van der Waals surface area contributed by atoms with Crippen LogP contribution in [0.1, 0.15) is 11.1 Å². The van der Waals surface area contributed by atoms with Crippen LogP contribution in [0, 0.1) is 0 Å². The summed E-state index contributed by atoms with van der Waals surface area (Å²) >= 11 is 0. The number of para-hydroxylation sites is 1. The first-order valence-electron chi connectivity index (χ1n) is 8.30. The summed E-state index contributed by atoms with van der Waals surface area (Å²) in [5, 5.41) is 1.19. The number of rotatable bonds is 6. The molecule has 1 heterocycles. The van der Waals surface area contributed by atoms with E-state index in [4.69, 9.17) is 5.73 Å². The van der Waals surface area contributed by atoms with E-state index in [1.165, 1.54) is 35.2 Å². The maximum atomic E-state index is 11.2. The van der Waals surface area contributed by atoms with Crippen LogP contribution in [-0.4, -0.2) is 23.7 Å². The van der Waals surface area contributed by atoms with Gasteiger partial charge in [-0.25, -0.2) is 4.79 Å². The molecule has 0 radical (unpaired) electrons. The number of hydrogen-bond donors (Lipinski definition) is 1. The Morgan fingerprint density at radius 1 is 1.16 bits per heavy atom. The average Bonchev–Trinajstić information content (AvgIpc) is 2.98. The maximum Gasteiger partial charge on any atom is 0.330 e. The van der Waals surface area contributed by atoms with Crippen LogP contribution in [0.5, 0.6) is 0 Å². The van der Waals surface area contributed by atoms with E-state index < -0.39 is 0 Å².